The average Bonchev–Trinajstić information content (AvgIpc) is 2.81. The van der Waals surface area contributed by atoms with Gasteiger partial charge in [-0.05, 0) is 69.5 Å². The molecular weight excluding hydrogens is 516 g/mol. The van der Waals surface area contributed by atoms with Crippen molar-refractivity contribution >= 4 is 27.7 Å². The highest BCUT2D eigenvalue weighted by Gasteiger charge is 2.32. The van der Waals surface area contributed by atoms with Crippen LogP contribution in [0.2, 0.25) is 0 Å². The number of carbonyl (C=O) groups excluding carboxylic acids is 2. The lowest BCUT2D eigenvalue weighted by atomic mass is 10.0. The number of ether oxygens (including phenoxy) is 1. The van der Waals surface area contributed by atoms with Gasteiger partial charge in [0.25, 0.3) is 5.91 Å². The van der Waals surface area contributed by atoms with E-state index in [9.17, 15) is 9.59 Å². The normalized spacial score (nSPS) is 12.1. The van der Waals surface area contributed by atoms with E-state index in [0.29, 0.717) is 12.2 Å². The zero-order chi connectivity index (χ0) is 26.3. The molecule has 3 aromatic rings. The van der Waals surface area contributed by atoms with Crippen LogP contribution in [0.15, 0.2) is 77.3 Å². The van der Waals surface area contributed by atoms with E-state index in [-0.39, 0.29) is 25.0 Å². The number of carbonyl (C=O) groups is 2. The Labute approximate surface area is 223 Å². The molecule has 0 aliphatic carbocycles. The summed E-state index contributed by atoms with van der Waals surface area (Å²) in [5.74, 6) is 0.225. The largest absolute Gasteiger partial charge is 0.483 e. The second-order valence-corrected chi connectivity index (χ2v) is 11.1. The molecule has 1 N–H and O–H groups in total. The smallest absolute Gasteiger partial charge is 0.261 e. The quantitative estimate of drug-likeness (QED) is 0.355. The van der Waals surface area contributed by atoms with Gasteiger partial charge in [-0.2, -0.15) is 0 Å². The van der Waals surface area contributed by atoms with Crippen LogP contribution < -0.4 is 10.1 Å². The third-order valence-corrected chi connectivity index (χ3v) is 6.25. The lowest BCUT2D eigenvalue weighted by Crippen LogP contribution is -2.55. The van der Waals surface area contributed by atoms with Gasteiger partial charge in [-0.3, -0.25) is 9.59 Å². The van der Waals surface area contributed by atoms with Crippen LogP contribution in [0.5, 0.6) is 5.75 Å². The Balaban J connectivity index is 1.93. The van der Waals surface area contributed by atoms with Crippen LogP contribution in [0.4, 0.5) is 0 Å². The summed E-state index contributed by atoms with van der Waals surface area (Å²) in [5, 5.41) is 3.08. The number of halogens is 1. The third-order valence-electron chi connectivity index (χ3n) is 5.72. The van der Waals surface area contributed by atoms with Crippen LogP contribution in [0.3, 0.4) is 0 Å². The molecule has 3 rings (SSSR count). The maximum Gasteiger partial charge on any atom is 0.261 e. The second-order valence-electron chi connectivity index (χ2n) is 10.2. The van der Waals surface area contributed by atoms with Gasteiger partial charge in [0.05, 0.1) is 0 Å². The molecule has 3 aromatic carbocycles. The molecule has 6 heteroatoms. The zero-order valence-corrected chi connectivity index (χ0v) is 23.3. The van der Waals surface area contributed by atoms with Crippen molar-refractivity contribution in [3.8, 4) is 5.75 Å². The molecule has 0 heterocycles. The van der Waals surface area contributed by atoms with Crippen LogP contribution in [-0.2, 0) is 22.6 Å². The minimum absolute atomic E-state index is 0.158. The van der Waals surface area contributed by atoms with Crippen molar-refractivity contribution in [3.63, 3.8) is 0 Å². The molecule has 0 unspecified atom stereocenters. The zero-order valence-electron chi connectivity index (χ0n) is 21.7. The second kappa shape index (κ2) is 12.2. The van der Waals surface area contributed by atoms with E-state index in [4.69, 9.17) is 4.74 Å². The average molecular weight is 552 g/mol. The van der Waals surface area contributed by atoms with E-state index < -0.39 is 11.6 Å². The molecule has 0 spiro atoms. The first-order valence-electron chi connectivity index (χ1n) is 12.1. The highest BCUT2D eigenvalue weighted by molar-refractivity contribution is 9.10. The SMILES string of the molecule is Cc1ccc(OCC(=O)N(Cc2ccc(Br)cc2)[C@H](Cc2ccccc2)C(=O)NC(C)(C)C)c(C)c1. The summed E-state index contributed by atoms with van der Waals surface area (Å²) in [7, 11) is 0. The lowest BCUT2D eigenvalue weighted by Gasteiger charge is -2.33. The third kappa shape index (κ3) is 8.23. The number of rotatable bonds is 9. The Morgan fingerprint density at radius 1 is 0.944 bits per heavy atom. The monoisotopic (exact) mass is 550 g/mol. The summed E-state index contributed by atoms with van der Waals surface area (Å²) >= 11 is 3.47. The summed E-state index contributed by atoms with van der Waals surface area (Å²) in [6, 6.07) is 22.7. The van der Waals surface area contributed by atoms with E-state index in [0.717, 1.165) is 26.7 Å². The van der Waals surface area contributed by atoms with Crippen LogP contribution in [-0.4, -0.2) is 34.9 Å². The molecule has 5 nitrogen and oxygen atoms in total. The van der Waals surface area contributed by atoms with Crippen molar-refractivity contribution in [2.45, 2.75) is 59.2 Å². The van der Waals surface area contributed by atoms with Gasteiger partial charge in [-0.1, -0.05) is 76.1 Å². The number of nitrogens with zero attached hydrogens (tertiary/aromatic N) is 1. The highest BCUT2D eigenvalue weighted by Crippen LogP contribution is 2.21. The van der Waals surface area contributed by atoms with E-state index in [1.807, 2.05) is 107 Å². The lowest BCUT2D eigenvalue weighted by molar-refractivity contribution is -0.143. The molecule has 36 heavy (non-hydrogen) atoms. The van der Waals surface area contributed by atoms with E-state index in [1.165, 1.54) is 0 Å². The summed E-state index contributed by atoms with van der Waals surface area (Å²) in [6.45, 7) is 9.93. The van der Waals surface area contributed by atoms with Crippen LogP contribution >= 0.6 is 15.9 Å². The number of benzene rings is 3. The first-order chi connectivity index (χ1) is 17.0. The van der Waals surface area contributed by atoms with Gasteiger partial charge in [0.2, 0.25) is 5.91 Å². The van der Waals surface area contributed by atoms with Crippen LogP contribution in [0.1, 0.15) is 43.0 Å². The van der Waals surface area contributed by atoms with Crippen LogP contribution in [0.25, 0.3) is 0 Å². The highest BCUT2D eigenvalue weighted by atomic mass is 79.9. The molecule has 2 amide bonds. The Bertz CT molecular complexity index is 1170. The van der Waals surface area contributed by atoms with E-state index in [2.05, 4.69) is 21.2 Å². The van der Waals surface area contributed by atoms with Gasteiger partial charge in [0.1, 0.15) is 11.8 Å². The van der Waals surface area contributed by atoms with Crippen molar-refractivity contribution in [2.75, 3.05) is 6.61 Å². The van der Waals surface area contributed by atoms with Gasteiger partial charge in [-0.25, -0.2) is 0 Å². The van der Waals surface area contributed by atoms with Gasteiger partial charge >= 0.3 is 0 Å². The van der Waals surface area contributed by atoms with Crippen molar-refractivity contribution in [1.29, 1.82) is 0 Å². The molecular formula is C30H35BrN2O3. The Morgan fingerprint density at radius 3 is 2.22 bits per heavy atom. The summed E-state index contributed by atoms with van der Waals surface area (Å²) in [5.41, 5.74) is 3.57. The van der Waals surface area contributed by atoms with E-state index in [1.54, 1.807) is 4.90 Å². The predicted molar refractivity (Wildman–Crippen MR) is 148 cm³/mol. The molecule has 0 bridgehead atoms. The minimum Gasteiger partial charge on any atom is -0.483 e. The number of amides is 2. The maximum atomic E-state index is 13.7. The summed E-state index contributed by atoms with van der Waals surface area (Å²) < 4.78 is 6.89. The molecule has 0 fully saturated rings. The molecule has 190 valence electrons. The fourth-order valence-electron chi connectivity index (χ4n) is 3.98. The number of nitrogens with one attached hydrogen (secondary N) is 1. The Hall–Kier alpha value is -3.12. The van der Waals surface area contributed by atoms with Crippen molar-refractivity contribution < 1.29 is 14.3 Å². The van der Waals surface area contributed by atoms with Crippen molar-refractivity contribution in [1.82, 2.24) is 10.2 Å². The summed E-state index contributed by atoms with van der Waals surface area (Å²) in [6.07, 6.45) is 0.397. The molecule has 0 radical (unpaired) electrons. The van der Waals surface area contributed by atoms with Crippen molar-refractivity contribution in [3.05, 3.63) is 99.5 Å². The van der Waals surface area contributed by atoms with Gasteiger partial charge < -0.3 is 15.0 Å². The Morgan fingerprint density at radius 2 is 1.61 bits per heavy atom. The molecule has 1 atom stereocenters. The van der Waals surface area contributed by atoms with Gasteiger partial charge in [-0.15, -0.1) is 0 Å². The predicted octanol–water partition coefficient (Wildman–Crippen LogP) is 6.00. The van der Waals surface area contributed by atoms with Gasteiger partial charge in [0, 0.05) is 23.0 Å². The fourth-order valence-corrected chi connectivity index (χ4v) is 4.24. The van der Waals surface area contributed by atoms with Gasteiger partial charge in [0.15, 0.2) is 6.61 Å². The van der Waals surface area contributed by atoms with Crippen molar-refractivity contribution in [2.24, 2.45) is 0 Å². The Kier molecular flexibility index (Phi) is 9.32. The van der Waals surface area contributed by atoms with Crippen LogP contribution in [0, 0.1) is 13.8 Å². The number of hydrogen-bond donors (Lipinski definition) is 1. The fraction of sp³-hybridized carbons (Fsp3) is 0.333. The van der Waals surface area contributed by atoms with E-state index >= 15 is 0 Å². The summed E-state index contributed by atoms with van der Waals surface area (Å²) in [4.78, 5) is 28.9. The standard InChI is InChI=1S/C30H35BrN2O3/c1-21-11-16-27(22(2)17-21)36-20-28(34)33(19-24-12-14-25(31)15-13-24)26(29(35)32-30(3,4)5)18-23-9-7-6-8-10-23/h6-17,26H,18-20H2,1-5H3,(H,32,35)/t26-/m1/s1. The first-order valence-corrected chi connectivity index (χ1v) is 12.9. The number of hydrogen-bond acceptors (Lipinski definition) is 3. The molecule has 0 aromatic heterocycles. The minimum atomic E-state index is -0.703. The molecule has 0 aliphatic heterocycles. The molecule has 0 aliphatic rings. The first kappa shape index (κ1) is 27.5. The topological polar surface area (TPSA) is 58.6 Å². The molecule has 0 saturated carbocycles. The maximum absolute atomic E-state index is 13.7. The molecule has 0 saturated heterocycles. The number of aryl methyl sites for hydroxylation is 2.